The zero-order valence-corrected chi connectivity index (χ0v) is 7.42. The number of hydrogen-bond donors (Lipinski definition) is 0. The fourth-order valence-electron chi connectivity index (χ4n) is 4.37. The first-order valence-corrected chi connectivity index (χ1v) is 5.36. The first-order valence-electron chi connectivity index (χ1n) is 5.36. The van der Waals surface area contributed by atoms with Crippen molar-refractivity contribution in [2.24, 2.45) is 29.6 Å². The quantitative estimate of drug-likeness (QED) is 0.498. The minimum atomic E-state index is 1.08. The maximum absolute atomic E-state index is 2.49. The Labute approximate surface area is 69.4 Å². The molecule has 0 saturated heterocycles. The molecule has 0 nitrogen and oxygen atoms in total. The third kappa shape index (κ3) is 0.711. The van der Waals surface area contributed by atoms with E-state index in [2.05, 4.69) is 6.92 Å². The normalized spacial score (nSPS) is 60.3. The standard InChI is InChI=1S/C11H18/c1-7-5-11-8-3-2-4-9(11)10(7)6-8/h7-11H,2-6H2,1H3. The van der Waals surface area contributed by atoms with Crippen LogP contribution in [0.15, 0.2) is 0 Å². The highest BCUT2D eigenvalue weighted by Crippen LogP contribution is 2.60. The van der Waals surface area contributed by atoms with Gasteiger partial charge < -0.3 is 0 Å². The van der Waals surface area contributed by atoms with E-state index in [-0.39, 0.29) is 0 Å². The molecule has 0 N–H and O–H groups in total. The third-order valence-corrected chi connectivity index (χ3v) is 4.77. The molecule has 0 aromatic carbocycles. The highest BCUT2D eigenvalue weighted by Gasteiger charge is 2.52. The van der Waals surface area contributed by atoms with Crippen molar-refractivity contribution in [2.45, 2.75) is 39.0 Å². The third-order valence-electron chi connectivity index (χ3n) is 4.77. The second-order valence-electron chi connectivity index (χ2n) is 5.13. The van der Waals surface area contributed by atoms with Gasteiger partial charge in [0.2, 0.25) is 0 Å². The van der Waals surface area contributed by atoms with Crippen molar-refractivity contribution in [3.8, 4) is 0 Å². The van der Waals surface area contributed by atoms with Crippen molar-refractivity contribution in [1.82, 2.24) is 0 Å². The molecule has 3 rings (SSSR count). The summed E-state index contributed by atoms with van der Waals surface area (Å²) in [4.78, 5) is 0. The van der Waals surface area contributed by atoms with Gasteiger partial charge in [-0.25, -0.2) is 0 Å². The summed E-state index contributed by atoms with van der Waals surface area (Å²) in [5.41, 5.74) is 0. The molecule has 5 unspecified atom stereocenters. The molecular weight excluding hydrogens is 132 g/mol. The molecule has 3 fully saturated rings. The van der Waals surface area contributed by atoms with Crippen LogP contribution >= 0.6 is 0 Å². The van der Waals surface area contributed by atoms with Crippen LogP contribution in [0.5, 0.6) is 0 Å². The largest absolute Gasteiger partial charge is 0.0622 e. The van der Waals surface area contributed by atoms with Crippen LogP contribution in [-0.2, 0) is 0 Å². The van der Waals surface area contributed by atoms with Crippen LogP contribution in [0, 0.1) is 29.6 Å². The molecule has 0 amide bonds. The molecule has 4 bridgehead atoms. The lowest BCUT2D eigenvalue weighted by Gasteiger charge is -2.27. The van der Waals surface area contributed by atoms with E-state index in [9.17, 15) is 0 Å². The average molecular weight is 150 g/mol. The Hall–Kier alpha value is 0. The van der Waals surface area contributed by atoms with Crippen LogP contribution in [0.25, 0.3) is 0 Å². The highest BCUT2D eigenvalue weighted by molar-refractivity contribution is 5.01. The van der Waals surface area contributed by atoms with Crippen molar-refractivity contribution in [3.05, 3.63) is 0 Å². The van der Waals surface area contributed by atoms with Crippen LogP contribution in [0.1, 0.15) is 39.0 Å². The van der Waals surface area contributed by atoms with E-state index >= 15 is 0 Å². The van der Waals surface area contributed by atoms with Gasteiger partial charge in [0.1, 0.15) is 0 Å². The Kier molecular flexibility index (Phi) is 1.20. The van der Waals surface area contributed by atoms with Crippen molar-refractivity contribution < 1.29 is 0 Å². The molecule has 0 spiro atoms. The van der Waals surface area contributed by atoms with Gasteiger partial charge in [0.15, 0.2) is 0 Å². The predicted molar refractivity (Wildman–Crippen MR) is 46.2 cm³/mol. The smallest absolute Gasteiger partial charge is 0.0352 e. The van der Waals surface area contributed by atoms with Crippen LogP contribution in [0.3, 0.4) is 0 Å². The van der Waals surface area contributed by atoms with E-state index in [4.69, 9.17) is 0 Å². The Morgan fingerprint density at radius 2 is 1.82 bits per heavy atom. The van der Waals surface area contributed by atoms with Gasteiger partial charge in [0.25, 0.3) is 0 Å². The summed E-state index contributed by atoms with van der Waals surface area (Å²) < 4.78 is 0. The van der Waals surface area contributed by atoms with E-state index in [1.54, 1.807) is 32.1 Å². The van der Waals surface area contributed by atoms with Crippen molar-refractivity contribution in [3.63, 3.8) is 0 Å². The molecule has 0 heterocycles. The second kappa shape index (κ2) is 2.02. The molecule has 11 heavy (non-hydrogen) atoms. The van der Waals surface area contributed by atoms with Crippen LogP contribution < -0.4 is 0 Å². The zero-order valence-electron chi connectivity index (χ0n) is 7.42. The van der Waals surface area contributed by atoms with Crippen molar-refractivity contribution in [1.29, 1.82) is 0 Å². The number of rotatable bonds is 0. The number of hydrogen-bond acceptors (Lipinski definition) is 0. The Morgan fingerprint density at radius 1 is 0.909 bits per heavy atom. The fraction of sp³-hybridized carbons (Fsp3) is 1.00. The minimum Gasteiger partial charge on any atom is -0.0622 e. The molecule has 0 aliphatic heterocycles. The Morgan fingerprint density at radius 3 is 2.64 bits per heavy atom. The lowest BCUT2D eigenvalue weighted by molar-refractivity contribution is 0.228. The Balaban J connectivity index is 1.92. The van der Waals surface area contributed by atoms with Gasteiger partial charge in [-0.3, -0.25) is 0 Å². The fourth-order valence-corrected chi connectivity index (χ4v) is 4.37. The molecule has 0 heteroatoms. The summed E-state index contributed by atoms with van der Waals surface area (Å²) in [5, 5.41) is 0. The van der Waals surface area contributed by atoms with Gasteiger partial charge in [-0.2, -0.15) is 0 Å². The maximum atomic E-state index is 2.49. The summed E-state index contributed by atoms with van der Waals surface area (Å²) in [5.74, 6) is 5.79. The van der Waals surface area contributed by atoms with Gasteiger partial charge in [-0.1, -0.05) is 19.8 Å². The van der Waals surface area contributed by atoms with E-state index in [1.807, 2.05) is 0 Å². The monoisotopic (exact) mass is 150 g/mol. The topological polar surface area (TPSA) is 0 Å². The molecule has 3 saturated carbocycles. The summed E-state index contributed by atoms with van der Waals surface area (Å²) in [6.45, 7) is 2.49. The van der Waals surface area contributed by atoms with Crippen LogP contribution in [0.2, 0.25) is 0 Å². The Bertz CT molecular complexity index is 171. The van der Waals surface area contributed by atoms with E-state index in [0.29, 0.717) is 0 Å². The summed E-state index contributed by atoms with van der Waals surface area (Å²) in [6.07, 6.45) is 7.89. The SMILES string of the molecule is CC1CC2C3CCCC2C1C3. The van der Waals surface area contributed by atoms with Gasteiger partial charge in [0.05, 0.1) is 0 Å². The van der Waals surface area contributed by atoms with Gasteiger partial charge in [-0.05, 0) is 48.9 Å². The van der Waals surface area contributed by atoms with Crippen molar-refractivity contribution in [2.75, 3.05) is 0 Å². The summed E-state index contributed by atoms with van der Waals surface area (Å²) >= 11 is 0. The lowest BCUT2D eigenvalue weighted by Crippen LogP contribution is -2.18. The summed E-state index contributed by atoms with van der Waals surface area (Å²) in [6, 6.07) is 0. The molecule has 3 aliphatic rings. The molecule has 0 aromatic rings. The zero-order chi connectivity index (χ0) is 7.42. The predicted octanol–water partition coefficient (Wildman–Crippen LogP) is 3.08. The van der Waals surface area contributed by atoms with Crippen LogP contribution in [-0.4, -0.2) is 0 Å². The van der Waals surface area contributed by atoms with Gasteiger partial charge >= 0.3 is 0 Å². The van der Waals surface area contributed by atoms with E-state index < -0.39 is 0 Å². The second-order valence-corrected chi connectivity index (χ2v) is 5.13. The molecular formula is C11H18. The minimum absolute atomic E-state index is 1.08. The molecule has 0 radical (unpaired) electrons. The van der Waals surface area contributed by atoms with Crippen molar-refractivity contribution >= 4 is 0 Å². The lowest BCUT2D eigenvalue weighted by atomic mass is 9.78. The molecule has 5 atom stereocenters. The highest BCUT2D eigenvalue weighted by atomic mass is 14.6. The van der Waals surface area contributed by atoms with Crippen LogP contribution in [0.4, 0.5) is 0 Å². The molecule has 62 valence electrons. The first-order chi connectivity index (χ1) is 5.36. The molecule has 3 aliphatic carbocycles. The maximum Gasteiger partial charge on any atom is -0.0352 e. The van der Waals surface area contributed by atoms with Gasteiger partial charge in [0, 0.05) is 0 Å². The van der Waals surface area contributed by atoms with E-state index in [1.165, 1.54) is 17.8 Å². The summed E-state index contributed by atoms with van der Waals surface area (Å²) in [7, 11) is 0. The van der Waals surface area contributed by atoms with E-state index in [0.717, 1.165) is 11.8 Å². The molecule has 0 aromatic heterocycles. The first kappa shape index (κ1) is 6.51. The average Bonchev–Trinajstić information content (AvgIpc) is 2.43. The van der Waals surface area contributed by atoms with Gasteiger partial charge in [-0.15, -0.1) is 0 Å².